The van der Waals surface area contributed by atoms with Gasteiger partial charge in [-0.25, -0.2) is 15.1 Å². The van der Waals surface area contributed by atoms with Gasteiger partial charge in [0.05, 0.1) is 12.2 Å². The Bertz CT molecular complexity index is 1150. The number of amides is 1. The van der Waals surface area contributed by atoms with E-state index in [1.807, 2.05) is 66.2 Å². The number of aromatic nitrogens is 3. The van der Waals surface area contributed by atoms with Crippen molar-refractivity contribution in [2.75, 3.05) is 5.32 Å². The summed E-state index contributed by atoms with van der Waals surface area (Å²) in [4.78, 5) is 16.2. The van der Waals surface area contributed by atoms with Gasteiger partial charge in [-0.05, 0) is 42.8 Å². The van der Waals surface area contributed by atoms with Crippen LogP contribution in [0.15, 0.2) is 78.9 Å². The molecule has 1 amide bonds. The van der Waals surface area contributed by atoms with Crippen molar-refractivity contribution in [2.45, 2.75) is 13.5 Å². The molecule has 4 rings (SSSR count). The summed E-state index contributed by atoms with van der Waals surface area (Å²) in [5.41, 5.74) is 5.84. The van der Waals surface area contributed by atoms with Gasteiger partial charge in [0.2, 0.25) is 0 Å². The number of benzene rings is 3. The van der Waals surface area contributed by atoms with Crippen molar-refractivity contribution >= 4 is 11.6 Å². The van der Waals surface area contributed by atoms with E-state index < -0.39 is 5.91 Å². The third-order valence-electron chi connectivity index (χ3n) is 4.75. The molecule has 0 radical (unpaired) electrons. The zero-order chi connectivity index (χ0) is 20.9. The van der Waals surface area contributed by atoms with E-state index in [-0.39, 0.29) is 0 Å². The predicted octanol–water partition coefficient (Wildman–Crippen LogP) is 3.97. The standard InChI is InChI=1S/C23H21N5O2/c1-16-7-5-6-10-20(16)28-21(25-22(26-28)17-8-3-2-4-9-17)15-24-19-13-11-18(12-14-19)23(29)27-30/h2-14,24,30H,15H2,1H3,(H,27,29). The Hall–Kier alpha value is -3.97. The molecule has 30 heavy (non-hydrogen) atoms. The number of carbonyl (C=O) groups excluding carboxylic acids is 1. The first-order valence-electron chi connectivity index (χ1n) is 9.51. The molecule has 0 atom stereocenters. The summed E-state index contributed by atoms with van der Waals surface area (Å²) in [5, 5.41) is 16.8. The van der Waals surface area contributed by atoms with Crippen LogP contribution in [-0.4, -0.2) is 25.9 Å². The van der Waals surface area contributed by atoms with Crippen molar-refractivity contribution in [2.24, 2.45) is 0 Å². The molecular formula is C23H21N5O2. The van der Waals surface area contributed by atoms with Crippen LogP contribution in [0.1, 0.15) is 21.7 Å². The molecule has 7 heteroatoms. The number of hydrogen-bond donors (Lipinski definition) is 3. The summed E-state index contributed by atoms with van der Waals surface area (Å²) in [6, 6.07) is 24.7. The van der Waals surface area contributed by atoms with Crippen LogP contribution >= 0.6 is 0 Å². The predicted molar refractivity (Wildman–Crippen MR) is 115 cm³/mol. The number of nitrogens with one attached hydrogen (secondary N) is 2. The maximum absolute atomic E-state index is 11.5. The van der Waals surface area contributed by atoms with E-state index in [1.165, 1.54) is 0 Å². The topological polar surface area (TPSA) is 92.1 Å². The lowest BCUT2D eigenvalue weighted by atomic mass is 10.2. The molecule has 0 saturated carbocycles. The molecular weight excluding hydrogens is 378 g/mol. The van der Waals surface area contributed by atoms with Crippen LogP contribution < -0.4 is 10.8 Å². The van der Waals surface area contributed by atoms with Crippen molar-refractivity contribution in [3.63, 3.8) is 0 Å². The molecule has 0 aliphatic carbocycles. The van der Waals surface area contributed by atoms with E-state index in [0.29, 0.717) is 17.9 Å². The second kappa shape index (κ2) is 8.59. The van der Waals surface area contributed by atoms with Crippen LogP contribution in [0.3, 0.4) is 0 Å². The highest BCUT2D eigenvalue weighted by molar-refractivity contribution is 5.93. The van der Waals surface area contributed by atoms with Gasteiger partial charge >= 0.3 is 0 Å². The number of para-hydroxylation sites is 1. The largest absolute Gasteiger partial charge is 0.378 e. The van der Waals surface area contributed by atoms with Crippen molar-refractivity contribution in [3.8, 4) is 17.1 Å². The molecule has 0 aliphatic heterocycles. The summed E-state index contributed by atoms with van der Waals surface area (Å²) in [6.45, 7) is 2.49. The van der Waals surface area contributed by atoms with E-state index >= 15 is 0 Å². The molecule has 0 spiro atoms. The average molecular weight is 399 g/mol. The molecule has 3 aromatic carbocycles. The highest BCUT2D eigenvalue weighted by Crippen LogP contribution is 2.21. The fourth-order valence-corrected chi connectivity index (χ4v) is 3.15. The second-order valence-electron chi connectivity index (χ2n) is 6.79. The van der Waals surface area contributed by atoms with Gasteiger partial charge < -0.3 is 5.32 Å². The lowest BCUT2D eigenvalue weighted by molar-refractivity contribution is 0.0706. The first kappa shape index (κ1) is 19.4. The van der Waals surface area contributed by atoms with E-state index in [1.54, 1.807) is 29.7 Å². The van der Waals surface area contributed by atoms with Crippen LogP contribution in [0.25, 0.3) is 17.1 Å². The average Bonchev–Trinajstić information content (AvgIpc) is 3.22. The Balaban J connectivity index is 1.64. The number of rotatable bonds is 6. The number of anilines is 1. The van der Waals surface area contributed by atoms with Gasteiger partial charge in [-0.1, -0.05) is 48.5 Å². The van der Waals surface area contributed by atoms with Crippen LogP contribution in [0, 0.1) is 6.92 Å². The van der Waals surface area contributed by atoms with E-state index in [2.05, 4.69) is 5.32 Å². The van der Waals surface area contributed by atoms with Gasteiger partial charge in [-0.15, -0.1) is 5.10 Å². The lowest BCUT2D eigenvalue weighted by Gasteiger charge is -2.10. The Kier molecular flexibility index (Phi) is 5.54. The van der Waals surface area contributed by atoms with Crippen molar-refractivity contribution in [1.29, 1.82) is 0 Å². The second-order valence-corrected chi connectivity index (χ2v) is 6.79. The first-order valence-corrected chi connectivity index (χ1v) is 9.51. The maximum atomic E-state index is 11.5. The van der Waals surface area contributed by atoms with Crippen molar-refractivity contribution in [3.05, 3.63) is 95.8 Å². The van der Waals surface area contributed by atoms with Gasteiger partial charge in [0.1, 0.15) is 0 Å². The molecule has 0 fully saturated rings. The summed E-state index contributed by atoms with van der Waals surface area (Å²) >= 11 is 0. The van der Waals surface area contributed by atoms with Crippen LogP contribution in [-0.2, 0) is 6.54 Å². The fraction of sp³-hybridized carbons (Fsp3) is 0.0870. The number of carbonyl (C=O) groups is 1. The fourth-order valence-electron chi connectivity index (χ4n) is 3.15. The Labute approximate surface area is 174 Å². The van der Waals surface area contributed by atoms with Gasteiger partial charge in [0, 0.05) is 16.8 Å². The molecule has 150 valence electrons. The third kappa shape index (κ3) is 4.06. The van der Waals surface area contributed by atoms with Gasteiger partial charge in [-0.3, -0.25) is 10.0 Å². The number of hydroxylamine groups is 1. The van der Waals surface area contributed by atoms with Gasteiger partial charge in [0.25, 0.3) is 5.91 Å². The number of aryl methyl sites for hydroxylation is 1. The van der Waals surface area contributed by atoms with Crippen LogP contribution in [0.2, 0.25) is 0 Å². The lowest BCUT2D eigenvalue weighted by Crippen LogP contribution is -2.18. The minimum atomic E-state index is -0.548. The first-order chi connectivity index (χ1) is 14.7. The van der Waals surface area contributed by atoms with Crippen LogP contribution in [0.5, 0.6) is 0 Å². The summed E-state index contributed by atoms with van der Waals surface area (Å²) in [7, 11) is 0. The molecule has 0 unspecified atom stereocenters. The Morgan fingerprint density at radius 2 is 1.67 bits per heavy atom. The molecule has 4 aromatic rings. The normalized spacial score (nSPS) is 10.6. The molecule has 7 nitrogen and oxygen atoms in total. The number of nitrogens with zero attached hydrogens (tertiary/aromatic N) is 3. The van der Waals surface area contributed by atoms with Crippen LogP contribution in [0.4, 0.5) is 5.69 Å². The summed E-state index contributed by atoms with van der Waals surface area (Å²) < 4.78 is 1.86. The van der Waals surface area contributed by atoms with Gasteiger partial charge in [0.15, 0.2) is 11.6 Å². The smallest absolute Gasteiger partial charge is 0.274 e. The quantitative estimate of drug-likeness (QED) is 0.337. The van der Waals surface area contributed by atoms with Gasteiger partial charge in [-0.2, -0.15) is 0 Å². The molecule has 0 aliphatic rings. The zero-order valence-corrected chi connectivity index (χ0v) is 16.4. The Morgan fingerprint density at radius 1 is 0.967 bits per heavy atom. The van der Waals surface area contributed by atoms with E-state index in [0.717, 1.165) is 28.3 Å². The zero-order valence-electron chi connectivity index (χ0n) is 16.4. The summed E-state index contributed by atoms with van der Waals surface area (Å²) in [6.07, 6.45) is 0. The Morgan fingerprint density at radius 3 is 2.37 bits per heavy atom. The highest BCUT2D eigenvalue weighted by Gasteiger charge is 2.14. The highest BCUT2D eigenvalue weighted by atomic mass is 16.5. The molecule has 1 heterocycles. The van der Waals surface area contributed by atoms with Crippen molar-refractivity contribution in [1.82, 2.24) is 20.2 Å². The van der Waals surface area contributed by atoms with E-state index in [9.17, 15) is 4.79 Å². The third-order valence-corrected chi connectivity index (χ3v) is 4.75. The molecule has 0 saturated heterocycles. The molecule has 3 N–H and O–H groups in total. The number of hydrogen-bond acceptors (Lipinski definition) is 5. The van der Waals surface area contributed by atoms with Crippen molar-refractivity contribution < 1.29 is 10.0 Å². The molecule has 1 aromatic heterocycles. The van der Waals surface area contributed by atoms with E-state index in [4.69, 9.17) is 15.3 Å². The maximum Gasteiger partial charge on any atom is 0.274 e. The minimum Gasteiger partial charge on any atom is -0.378 e. The monoisotopic (exact) mass is 399 g/mol. The molecule has 0 bridgehead atoms. The SMILES string of the molecule is Cc1ccccc1-n1nc(-c2ccccc2)nc1CNc1ccc(C(=O)NO)cc1. The summed E-state index contributed by atoms with van der Waals surface area (Å²) in [5.74, 6) is 0.874. The minimum absolute atomic E-state index is 0.373.